The first-order valence-electron chi connectivity index (χ1n) is 9.06. The standard InChI is InChI=1S/C22H18N4O3/c27-21-20(26-22(28)29-14-15-6-2-1-3-7-15)25-19(16-10-12-23-13-11-16)17-8-4-5-9-18(17)24-21/h1-13,20H,14H2,(H,24,27)(H,26,28)/t20-/m1/s1. The first-order chi connectivity index (χ1) is 14.2. The van der Waals surface area contributed by atoms with Crippen molar-refractivity contribution < 1.29 is 14.3 Å². The molecule has 4 rings (SSSR count). The third-order valence-corrected chi connectivity index (χ3v) is 4.37. The number of hydrogen-bond donors (Lipinski definition) is 2. The second kappa shape index (κ2) is 8.35. The number of aromatic nitrogens is 1. The second-order valence-corrected chi connectivity index (χ2v) is 6.36. The molecule has 2 amide bonds. The molecular formula is C22H18N4O3. The highest BCUT2D eigenvalue weighted by Gasteiger charge is 2.27. The van der Waals surface area contributed by atoms with E-state index in [0.717, 1.165) is 16.7 Å². The van der Waals surface area contributed by atoms with Gasteiger partial charge in [0.15, 0.2) is 0 Å². The molecule has 0 radical (unpaired) electrons. The summed E-state index contributed by atoms with van der Waals surface area (Å²) in [6.45, 7) is 0.0994. The van der Waals surface area contributed by atoms with E-state index in [1.54, 1.807) is 30.6 Å². The number of carbonyl (C=O) groups is 2. The van der Waals surface area contributed by atoms with Crippen molar-refractivity contribution in [1.29, 1.82) is 0 Å². The molecule has 0 unspecified atom stereocenters. The van der Waals surface area contributed by atoms with Gasteiger partial charge >= 0.3 is 6.09 Å². The highest BCUT2D eigenvalue weighted by Crippen LogP contribution is 2.23. The van der Waals surface area contributed by atoms with Gasteiger partial charge in [0.25, 0.3) is 5.91 Å². The Labute approximate surface area is 167 Å². The van der Waals surface area contributed by atoms with Crippen molar-refractivity contribution >= 4 is 23.4 Å². The highest BCUT2D eigenvalue weighted by molar-refractivity contribution is 6.19. The van der Waals surface area contributed by atoms with Crippen LogP contribution in [0.3, 0.4) is 0 Å². The normalized spacial score (nSPS) is 15.4. The van der Waals surface area contributed by atoms with Crippen molar-refractivity contribution in [3.05, 3.63) is 95.8 Å². The summed E-state index contributed by atoms with van der Waals surface area (Å²) in [6, 6.07) is 20.2. The van der Waals surface area contributed by atoms with Gasteiger partial charge in [0.05, 0.1) is 11.4 Å². The van der Waals surface area contributed by atoms with Crippen LogP contribution >= 0.6 is 0 Å². The zero-order valence-corrected chi connectivity index (χ0v) is 15.4. The summed E-state index contributed by atoms with van der Waals surface area (Å²) in [4.78, 5) is 33.5. The van der Waals surface area contributed by atoms with Gasteiger partial charge in [0, 0.05) is 23.5 Å². The number of nitrogens with zero attached hydrogens (tertiary/aromatic N) is 2. The first-order valence-corrected chi connectivity index (χ1v) is 9.06. The van der Waals surface area contributed by atoms with Gasteiger partial charge in [-0.15, -0.1) is 0 Å². The molecule has 2 N–H and O–H groups in total. The maximum absolute atomic E-state index is 12.7. The lowest BCUT2D eigenvalue weighted by molar-refractivity contribution is -0.117. The fourth-order valence-corrected chi connectivity index (χ4v) is 2.97. The van der Waals surface area contributed by atoms with Crippen molar-refractivity contribution in [1.82, 2.24) is 10.3 Å². The molecule has 0 spiro atoms. The van der Waals surface area contributed by atoms with Crippen LogP contribution in [-0.2, 0) is 16.1 Å². The van der Waals surface area contributed by atoms with Crippen molar-refractivity contribution in [3.8, 4) is 0 Å². The van der Waals surface area contributed by atoms with E-state index < -0.39 is 18.2 Å². The number of benzodiazepines with no additional fused rings is 1. The van der Waals surface area contributed by atoms with E-state index >= 15 is 0 Å². The monoisotopic (exact) mass is 386 g/mol. The molecule has 0 bridgehead atoms. The van der Waals surface area contributed by atoms with Crippen LogP contribution < -0.4 is 10.6 Å². The molecule has 2 aromatic carbocycles. The van der Waals surface area contributed by atoms with Gasteiger partial charge in [-0.1, -0.05) is 48.5 Å². The number of aliphatic imine (C=N–C) groups is 1. The van der Waals surface area contributed by atoms with Crippen LogP contribution in [-0.4, -0.2) is 28.9 Å². The highest BCUT2D eigenvalue weighted by atomic mass is 16.5. The minimum absolute atomic E-state index is 0.0994. The number of nitrogens with one attached hydrogen (secondary N) is 2. The van der Waals surface area contributed by atoms with Crippen LogP contribution in [0.4, 0.5) is 10.5 Å². The van der Waals surface area contributed by atoms with Crippen LogP contribution in [0.15, 0.2) is 84.1 Å². The largest absolute Gasteiger partial charge is 0.445 e. The predicted molar refractivity (Wildman–Crippen MR) is 108 cm³/mol. The molecule has 1 aliphatic rings. The van der Waals surface area contributed by atoms with Crippen molar-refractivity contribution in [2.24, 2.45) is 4.99 Å². The molecule has 1 aliphatic heterocycles. The number of alkyl carbamates (subject to hydrolysis) is 1. The molecule has 0 aliphatic carbocycles. The SMILES string of the molecule is O=C(N[C@H]1N=C(c2ccncc2)c2ccccc2NC1=O)OCc1ccccc1. The lowest BCUT2D eigenvalue weighted by Gasteiger charge is -2.13. The first kappa shape index (κ1) is 18.4. The number of pyridine rings is 1. The summed E-state index contributed by atoms with van der Waals surface area (Å²) in [5.41, 5.74) is 3.59. The molecule has 0 fully saturated rings. The quantitative estimate of drug-likeness (QED) is 0.721. The Morgan fingerprint density at radius 3 is 2.52 bits per heavy atom. The Hall–Kier alpha value is -4.00. The number of anilines is 1. The zero-order chi connectivity index (χ0) is 20.1. The number of carbonyl (C=O) groups excluding carboxylic acids is 2. The van der Waals surface area contributed by atoms with E-state index in [1.807, 2.05) is 48.5 Å². The Balaban J connectivity index is 1.58. The number of benzene rings is 2. The molecule has 0 saturated heterocycles. The van der Waals surface area contributed by atoms with Gasteiger partial charge in [-0.05, 0) is 23.8 Å². The van der Waals surface area contributed by atoms with Crippen LogP contribution in [0.1, 0.15) is 16.7 Å². The van der Waals surface area contributed by atoms with Crippen LogP contribution in [0.2, 0.25) is 0 Å². The topological polar surface area (TPSA) is 92.7 Å². The number of amides is 2. The Kier molecular flexibility index (Phi) is 5.29. The van der Waals surface area contributed by atoms with E-state index in [0.29, 0.717) is 11.4 Å². The van der Waals surface area contributed by atoms with Gasteiger partial charge in [-0.3, -0.25) is 15.1 Å². The molecule has 3 aromatic rings. The molecule has 7 nitrogen and oxygen atoms in total. The fourth-order valence-electron chi connectivity index (χ4n) is 2.97. The fraction of sp³-hybridized carbons (Fsp3) is 0.0909. The molecule has 29 heavy (non-hydrogen) atoms. The molecule has 0 saturated carbocycles. The van der Waals surface area contributed by atoms with E-state index in [1.165, 1.54) is 0 Å². The number of fused-ring (bicyclic) bond motifs is 1. The lowest BCUT2D eigenvalue weighted by Crippen LogP contribution is -2.42. The van der Waals surface area contributed by atoms with E-state index in [-0.39, 0.29) is 6.61 Å². The third-order valence-electron chi connectivity index (χ3n) is 4.37. The van der Waals surface area contributed by atoms with Gasteiger partial charge in [0.1, 0.15) is 6.61 Å². The summed E-state index contributed by atoms with van der Waals surface area (Å²) in [7, 11) is 0. The Morgan fingerprint density at radius 2 is 1.72 bits per heavy atom. The van der Waals surface area contributed by atoms with E-state index in [4.69, 9.17) is 4.74 Å². The summed E-state index contributed by atoms with van der Waals surface area (Å²) in [5.74, 6) is -0.446. The third kappa shape index (κ3) is 4.30. The minimum Gasteiger partial charge on any atom is -0.445 e. The number of hydrogen-bond acceptors (Lipinski definition) is 5. The molecule has 1 atom stereocenters. The van der Waals surface area contributed by atoms with Gasteiger partial charge < -0.3 is 10.1 Å². The van der Waals surface area contributed by atoms with Gasteiger partial charge in [0.2, 0.25) is 6.17 Å². The average Bonchev–Trinajstić information content (AvgIpc) is 2.90. The number of ether oxygens (including phenoxy) is 1. The van der Waals surface area contributed by atoms with Crippen LogP contribution in [0.25, 0.3) is 0 Å². The van der Waals surface area contributed by atoms with Gasteiger partial charge in [-0.2, -0.15) is 0 Å². The molecular weight excluding hydrogens is 368 g/mol. The van der Waals surface area contributed by atoms with Crippen molar-refractivity contribution in [2.45, 2.75) is 12.8 Å². The molecule has 144 valence electrons. The predicted octanol–water partition coefficient (Wildman–Crippen LogP) is 3.12. The van der Waals surface area contributed by atoms with Crippen LogP contribution in [0, 0.1) is 0 Å². The molecule has 2 heterocycles. The number of rotatable bonds is 4. The summed E-state index contributed by atoms with van der Waals surface area (Å²) in [6.07, 6.45) is 1.44. The Morgan fingerprint density at radius 1 is 1.00 bits per heavy atom. The lowest BCUT2D eigenvalue weighted by atomic mass is 10.0. The summed E-state index contributed by atoms with van der Waals surface area (Å²) < 4.78 is 5.23. The maximum Gasteiger partial charge on any atom is 0.409 e. The molecule has 1 aromatic heterocycles. The number of para-hydroxylation sites is 1. The zero-order valence-electron chi connectivity index (χ0n) is 15.4. The van der Waals surface area contributed by atoms with Crippen LogP contribution in [0.5, 0.6) is 0 Å². The average molecular weight is 386 g/mol. The minimum atomic E-state index is -1.13. The van der Waals surface area contributed by atoms with Gasteiger partial charge in [-0.25, -0.2) is 9.79 Å². The molecule has 7 heteroatoms. The maximum atomic E-state index is 12.7. The second-order valence-electron chi connectivity index (χ2n) is 6.36. The summed E-state index contributed by atoms with van der Waals surface area (Å²) >= 11 is 0. The van der Waals surface area contributed by atoms with E-state index in [2.05, 4.69) is 20.6 Å². The Bertz CT molecular complexity index is 1050. The smallest absolute Gasteiger partial charge is 0.409 e. The van der Waals surface area contributed by atoms with Crippen molar-refractivity contribution in [2.75, 3.05) is 5.32 Å². The van der Waals surface area contributed by atoms with Crippen molar-refractivity contribution in [3.63, 3.8) is 0 Å². The van der Waals surface area contributed by atoms with E-state index in [9.17, 15) is 9.59 Å². The summed E-state index contributed by atoms with van der Waals surface area (Å²) in [5, 5.41) is 5.35.